The van der Waals surface area contributed by atoms with Gasteiger partial charge in [0.2, 0.25) is 5.88 Å². The Balaban J connectivity index is 1.45. The van der Waals surface area contributed by atoms with Gasteiger partial charge in [-0.15, -0.1) is 0 Å². The summed E-state index contributed by atoms with van der Waals surface area (Å²) in [4.78, 5) is 30.9. The van der Waals surface area contributed by atoms with Crippen LogP contribution in [0.2, 0.25) is 0 Å². The monoisotopic (exact) mass is 445 g/mol. The molecule has 1 amide bonds. The van der Waals surface area contributed by atoms with Crippen LogP contribution in [-0.4, -0.2) is 69.6 Å². The standard InChI is InChI=1S/C25H27N5O3/c1-32-23-21(5-3-9-28-23)16-29-17-22(20-4-2-8-27-14-20)25(18-29)24(31)30(12-13-33-25)15-19-6-10-26-11-7-19/h2-11,14,22H,12-13,15-18H2,1H3/t22-,25+/m1/s1. The van der Waals surface area contributed by atoms with Crippen LogP contribution in [0.25, 0.3) is 0 Å². The van der Waals surface area contributed by atoms with Crippen molar-refractivity contribution in [1.29, 1.82) is 0 Å². The molecule has 0 aromatic carbocycles. The van der Waals surface area contributed by atoms with Crippen LogP contribution in [0, 0.1) is 0 Å². The van der Waals surface area contributed by atoms with E-state index in [-0.39, 0.29) is 11.8 Å². The summed E-state index contributed by atoms with van der Waals surface area (Å²) in [5.41, 5.74) is 2.10. The highest BCUT2D eigenvalue weighted by atomic mass is 16.5. The van der Waals surface area contributed by atoms with Crippen molar-refractivity contribution in [2.75, 3.05) is 33.4 Å². The predicted molar refractivity (Wildman–Crippen MR) is 121 cm³/mol. The number of methoxy groups -OCH3 is 1. The van der Waals surface area contributed by atoms with Crippen LogP contribution in [0.5, 0.6) is 5.88 Å². The number of carbonyl (C=O) groups excluding carboxylic acids is 1. The number of pyridine rings is 3. The van der Waals surface area contributed by atoms with E-state index in [1.165, 1.54) is 0 Å². The van der Waals surface area contributed by atoms with Crippen molar-refractivity contribution in [3.63, 3.8) is 0 Å². The maximum absolute atomic E-state index is 14.0. The minimum Gasteiger partial charge on any atom is -0.481 e. The Kier molecular flexibility index (Phi) is 6.02. The van der Waals surface area contributed by atoms with E-state index in [2.05, 4.69) is 19.9 Å². The van der Waals surface area contributed by atoms with Crippen LogP contribution in [0.1, 0.15) is 22.6 Å². The van der Waals surface area contributed by atoms with Crippen molar-refractivity contribution in [2.45, 2.75) is 24.6 Å². The predicted octanol–water partition coefficient (Wildman–Crippen LogP) is 2.28. The van der Waals surface area contributed by atoms with E-state index < -0.39 is 5.60 Å². The highest BCUT2D eigenvalue weighted by Gasteiger charge is 2.57. The number of aromatic nitrogens is 3. The molecular weight excluding hydrogens is 418 g/mol. The number of nitrogens with zero attached hydrogens (tertiary/aromatic N) is 5. The van der Waals surface area contributed by atoms with Crippen molar-refractivity contribution in [2.24, 2.45) is 0 Å². The molecule has 5 rings (SSSR count). The molecule has 8 heteroatoms. The lowest BCUT2D eigenvalue weighted by Crippen LogP contribution is -2.59. The number of hydrogen-bond acceptors (Lipinski definition) is 7. The van der Waals surface area contributed by atoms with Gasteiger partial charge in [0.05, 0.1) is 13.7 Å². The first-order valence-electron chi connectivity index (χ1n) is 11.1. The zero-order valence-corrected chi connectivity index (χ0v) is 18.6. The fraction of sp³-hybridized carbons (Fsp3) is 0.360. The smallest absolute Gasteiger partial charge is 0.257 e. The molecule has 0 saturated carbocycles. The Bertz CT molecular complexity index is 1100. The highest BCUT2D eigenvalue weighted by Crippen LogP contribution is 2.42. The minimum absolute atomic E-state index is 0.0278. The molecule has 0 bridgehead atoms. The van der Waals surface area contributed by atoms with Gasteiger partial charge in [-0.05, 0) is 35.4 Å². The molecule has 2 atom stereocenters. The molecule has 0 unspecified atom stereocenters. The molecule has 0 radical (unpaired) electrons. The summed E-state index contributed by atoms with van der Waals surface area (Å²) >= 11 is 0. The largest absolute Gasteiger partial charge is 0.481 e. The van der Waals surface area contributed by atoms with Gasteiger partial charge in [-0.25, -0.2) is 4.98 Å². The van der Waals surface area contributed by atoms with Crippen LogP contribution in [-0.2, 0) is 22.6 Å². The van der Waals surface area contributed by atoms with E-state index in [1.54, 1.807) is 31.9 Å². The number of ether oxygens (including phenoxy) is 2. The van der Waals surface area contributed by atoms with Crippen LogP contribution in [0.15, 0.2) is 67.4 Å². The maximum atomic E-state index is 14.0. The SMILES string of the molecule is COc1ncccc1CN1C[C@H](c2cccnc2)[C@]2(C1)OCCN(Cc1ccncc1)C2=O. The zero-order chi connectivity index (χ0) is 22.7. The lowest BCUT2D eigenvalue weighted by Gasteiger charge is -2.42. The summed E-state index contributed by atoms with van der Waals surface area (Å²) in [6.45, 7) is 3.41. The summed E-state index contributed by atoms with van der Waals surface area (Å²) in [6.07, 6.45) is 8.83. The van der Waals surface area contributed by atoms with Crippen molar-refractivity contribution < 1.29 is 14.3 Å². The molecule has 2 fully saturated rings. The first-order chi connectivity index (χ1) is 16.2. The molecule has 5 heterocycles. The van der Waals surface area contributed by atoms with Gasteiger partial charge in [-0.2, -0.15) is 0 Å². The Morgan fingerprint density at radius 3 is 2.73 bits per heavy atom. The number of amides is 1. The fourth-order valence-corrected chi connectivity index (χ4v) is 4.95. The van der Waals surface area contributed by atoms with E-state index in [1.807, 2.05) is 47.5 Å². The number of rotatable bonds is 6. The average Bonchev–Trinajstić information content (AvgIpc) is 3.22. The highest BCUT2D eigenvalue weighted by molar-refractivity contribution is 5.88. The second-order valence-corrected chi connectivity index (χ2v) is 8.50. The molecular formula is C25H27N5O3. The van der Waals surface area contributed by atoms with Crippen LogP contribution in [0.3, 0.4) is 0 Å². The fourth-order valence-electron chi connectivity index (χ4n) is 4.95. The average molecular weight is 446 g/mol. The summed E-state index contributed by atoms with van der Waals surface area (Å²) in [5.74, 6) is 0.508. The molecule has 0 aliphatic carbocycles. The molecule has 3 aromatic heterocycles. The second kappa shape index (κ2) is 9.25. The summed E-state index contributed by atoms with van der Waals surface area (Å²) in [7, 11) is 1.63. The Hall–Kier alpha value is -3.36. The number of likely N-dealkylation sites (tertiary alicyclic amines) is 1. The van der Waals surface area contributed by atoms with Crippen LogP contribution >= 0.6 is 0 Å². The first kappa shape index (κ1) is 21.5. The normalized spacial score (nSPS) is 23.2. The van der Waals surface area contributed by atoms with Crippen LogP contribution < -0.4 is 4.74 Å². The Labute approximate surface area is 193 Å². The molecule has 1 spiro atoms. The van der Waals surface area contributed by atoms with Gasteiger partial charge in [0, 0.05) is 75.2 Å². The van der Waals surface area contributed by atoms with E-state index >= 15 is 0 Å². The van der Waals surface area contributed by atoms with E-state index in [0.29, 0.717) is 45.2 Å². The molecule has 33 heavy (non-hydrogen) atoms. The molecule has 2 aliphatic heterocycles. The molecule has 3 aromatic rings. The molecule has 2 aliphatic rings. The van der Waals surface area contributed by atoms with Crippen LogP contribution in [0.4, 0.5) is 0 Å². The van der Waals surface area contributed by atoms with Gasteiger partial charge < -0.3 is 14.4 Å². The maximum Gasteiger partial charge on any atom is 0.257 e. The zero-order valence-electron chi connectivity index (χ0n) is 18.6. The van der Waals surface area contributed by atoms with Crippen molar-refractivity contribution in [3.8, 4) is 5.88 Å². The van der Waals surface area contributed by atoms with Gasteiger partial charge in [0.25, 0.3) is 5.91 Å². The quantitative estimate of drug-likeness (QED) is 0.576. The Morgan fingerprint density at radius 2 is 1.94 bits per heavy atom. The topological polar surface area (TPSA) is 80.7 Å². The van der Waals surface area contributed by atoms with Gasteiger partial charge >= 0.3 is 0 Å². The van der Waals surface area contributed by atoms with Gasteiger partial charge in [-0.3, -0.25) is 19.7 Å². The van der Waals surface area contributed by atoms with Gasteiger partial charge in [-0.1, -0.05) is 12.1 Å². The van der Waals surface area contributed by atoms with Crippen molar-refractivity contribution >= 4 is 5.91 Å². The first-order valence-corrected chi connectivity index (χ1v) is 11.1. The van der Waals surface area contributed by atoms with E-state index in [4.69, 9.17) is 9.47 Å². The number of hydrogen-bond donors (Lipinski definition) is 0. The number of carbonyl (C=O) groups is 1. The summed E-state index contributed by atoms with van der Waals surface area (Å²) < 4.78 is 11.8. The number of morpholine rings is 1. The van der Waals surface area contributed by atoms with Crippen molar-refractivity contribution in [3.05, 3.63) is 84.1 Å². The third-order valence-corrected chi connectivity index (χ3v) is 6.48. The molecule has 8 nitrogen and oxygen atoms in total. The van der Waals surface area contributed by atoms with E-state index in [0.717, 1.165) is 16.7 Å². The second-order valence-electron chi connectivity index (χ2n) is 8.50. The summed E-state index contributed by atoms with van der Waals surface area (Å²) in [6, 6.07) is 11.8. The molecule has 0 N–H and O–H groups in total. The van der Waals surface area contributed by atoms with Gasteiger partial charge in [0.15, 0.2) is 5.60 Å². The van der Waals surface area contributed by atoms with E-state index in [9.17, 15) is 4.79 Å². The van der Waals surface area contributed by atoms with Crippen molar-refractivity contribution in [1.82, 2.24) is 24.8 Å². The summed E-state index contributed by atoms with van der Waals surface area (Å²) in [5, 5.41) is 0. The molecule has 170 valence electrons. The minimum atomic E-state index is -0.955. The lowest BCUT2D eigenvalue weighted by molar-refractivity contribution is -0.173. The van der Waals surface area contributed by atoms with Gasteiger partial charge in [0.1, 0.15) is 0 Å². The Morgan fingerprint density at radius 1 is 1.09 bits per heavy atom. The lowest BCUT2D eigenvalue weighted by atomic mass is 9.83. The third-order valence-electron chi connectivity index (χ3n) is 6.48. The third kappa shape index (κ3) is 4.19. The molecule has 2 saturated heterocycles.